The number of hydrogen-bond donors (Lipinski definition) is 1. The SMILES string of the molecule is Cc1cc([C@@H](N)CC#N)oc1C.Cl. The molecule has 1 atom stereocenters. The summed E-state index contributed by atoms with van der Waals surface area (Å²) >= 11 is 0. The summed E-state index contributed by atoms with van der Waals surface area (Å²) < 4.78 is 5.35. The van der Waals surface area contributed by atoms with Gasteiger partial charge in [-0.1, -0.05) is 0 Å². The molecule has 0 aromatic carbocycles. The molecule has 0 amide bonds. The molecule has 0 saturated heterocycles. The second kappa shape index (κ2) is 4.90. The van der Waals surface area contributed by atoms with Gasteiger partial charge in [-0.25, -0.2) is 0 Å². The first kappa shape index (κ1) is 12.0. The first-order valence-corrected chi connectivity index (χ1v) is 3.84. The number of nitrogens with zero attached hydrogens (tertiary/aromatic N) is 1. The Hall–Kier alpha value is -0.980. The van der Waals surface area contributed by atoms with E-state index in [0.717, 1.165) is 11.3 Å². The third-order valence-electron chi connectivity index (χ3n) is 1.86. The van der Waals surface area contributed by atoms with E-state index in [1.807, 2.05) is 26.0 Å². The zero-order valence-corrected chi connectivity index (χ0v) is 8.52. The fourth-order valence-electron chi connectivity index (χ4n) is 0.983. The van der Waals surface area contributed by atoms with Crippen molar-refractivity contribution in [3.05, 3.63) is 23.2 Å². The molecule has 1 aromatic heterocycles. The number of nitriles is 1. The second-order valence-electron chi connectivity index (χ2n) is 2.86. The predicted molar refractivity (Wildman–Crippen MR) is 52.6 cm³/mol. The Labute approximate surface area is 83.9 Å². The van der Waals surface area contributed by atoms with E-state index in [-0.39, 0.29) is 18.4 Å². The van der Waals surface area contributed by atoms with Crippen molar-refractivity contribution in [1.82, 2.24) is 0 Å². The molecule has 2 N–H and O–H groups in total. The monoisotopic (exact) mass is 200 g/mol. The Morgan fingerprint density at radius 1 is 1.62 bits per heavy atom. The highest BCUT2D eigenvalue weighted by atomic mass is 35.5. The van der Waals surface area contributed by atoms with Crippen molar-refractivity contribution < 1.29 is 4.42 Å². The molecule has 13 heavy (non-hydrogen) atoms. The third kappa shape index (κ3) is 2.76. The lowest BCUT2D eigenvalue weighted by atomic mass is 10.1. The molecule has 1 rings (SSSR count). The number of aryl methyl sites for hydroxylation is 2. The summed E-state index contributed by atoms with van der Waals surface area (Å²) in [4.78, 5) is 0. The molecule has 0 saturated carbocycles. The van der Waals surface area contributed by atoms with Gasteiger partial charge in [0.05, 0.1) is 18.5 Å². The molecule has 4 heteroatoms. The summed E-state index contributed by atoms with van der Waals surface area (Å²) in [6.45, 7) is 3.85. The molecule has 1 heterocycles. The number of rotatable bonds is 2. The van der Waals surface area contributed by atoms with Crippen LogP contribution in [0.25, 0.3) is 0 Å². The van der Waals surface area contributed by atoms with E-state index in [4.69, 9.17) is 15.4 Å². The Kier molecular flexibility index (Phi) is 4.53. The first-order chi connectivity index (χ1) is 5.65. The zero-order valence-electron chi connectivity index (χ0n) is 7.70. The lowest BCUT2D eigenvalue weighted by molar-refractivity contribution is 0.447. The van der Waals surface area contributed by atoms with Crippen LogP contribution in [0, 0.1) is 25.2 Å². The first-order valence-electron chi connectivity index (χ1n) is 3.84. The third-order valence-corrected chi connectivity index (χ3v) is 1.86. The molecule has 0 aliphatic rings. The molecule has 0 aliphatic heterocycles. The van der Waals surface area contributed by atoms with Gasteiger partial charge in [-0.15, -0.1) is 12.4 Å². The van der Waals surface area contributed by atoms with Crippen LogP contribution in [0.2, 0.25) is 0 Å². The highest BCUT2D eigenvalue weighted by molar-refractivity contribution is 5.85. The van der Waals surface area contributed by atoms with E-state index in [1.165, 1.54) is 0 Å². The number of nitrogens with two attached hydrogens (primary N) is 1. The van der Waals surface area contributed by atoms with Gasteiger partial charge in [-0.3, -0.25) is 0 Å². The van der Waals surface area contributed by atoms with Crippen LogP contribution in [-0.2, 0) is 0 Å². The minimum atomic E-state index is -0.289. The molecule has 0 unspecified atom stereocenters. The minimum absolute atomic E-state index is 0. The maximum Gasteiger partial charge on any atom is 0.122 e. The summed E-state index contributed by atoms with van der Waals surface area (Å²) in [6.07, 6.45) is 0.298. The average Bonchev–Trinajstić information content (AvgIpc) is 2.33. The van der Waals surface area contributed by atoms with Crippen LogP contribution in [0.5, 0.6) is 0 Å². The molecular formula is C9H13ClN2O. The van der Waals surface area contributed by atoms with Crippen LogP contribution in [0.1, 0.15) is 29.5 Å². The van der Waals surface area contributed by atoms with E-state index in [0.29, 0.717) is 12.2 Å². The van der Waals surface area contributed by atoms with Gasteiger partial charge in [0.15, 0.2) is 0 Å². The molecule has 0 bridgehead atoms. The molecule has 0 aliphatic carbocycles. The smallest absolute Gasteiger partial charge is 0.122 e. The van der Waals surface area contributed by atoms with Crippen molar-refractivity contribution in [2.45, 2.75) is 26.3 Å². The van der Waals surface area contributed by atoms with Gasteiger partial charge in [0.2, 0.25) is 0 Å². The van der Waals surface area contributed by atoms with E-state index >= 15 is 0 Å². The summed E-state index contributed by atoms with van der Waals surface area (Å²) in [7, 11) is 0. The quantitative estimate of drug-likeness (QED) is 0.797. The fourth-order valence-corrected chi connectivity index (χ4v) is 0.983. The van der Waals surface area contributed by atoms with Crippen molar-refractivity contribution in [1.29, 1.82) is 5.26 Å². The average molecular weight is 201 g/mol. The van der Waals surface area contributed by atoms with E-state index in [9.17, 15) is 0 Å². The molecule has 72 valence electrons. The highest BCUT2D eigenvalue weighted by Crippen LogP contribution is 2.19. The van der Waals surface area contributed by atoms with Crippen LogP contribution in [0.4, 0.5) is 0 Å². The molecule has 0 spiro atoms. The van der Waals surface area contributed by atoms with Crippen LogP contribution < -0.4 is 5.73 Å². The summed E-state index contributed by atoms with van der Waals surface area (Å²) in [5.41, 5.74) is 6.75. The van der Waals surface area contributed by atoms with Gasteiger partial charge >= 0.3 is 0 Å². The summed E-state index contributed by atoms with van der Waals surface area (Å²) in [5, 5.41) is 8.40. The Morgan fingerprint density at radius 3 is 2.62 bits per heavy atom. The standard InChI is InChI=1S/C9H12N2O.ClH/c1-6-5-9(12-7(6)2)8(11)3-4-10;/h5,8H,3,11H2,1-2H3;1H/t8-;/m0./s1. The van der Waals surface area contributed by atoms with Gasteiger partial charge in [-0.2, -0.15) is 5.26 Å². The van der Waals surface area contributed by atoms with Crippen LogP contribution in [0.3, 0.4) is 0 Å². The van der Waals surface area contributed by atoms with Gasteiger partial charge < -0.3 is 10.2 Å². The lowest BCUT2D eigenvalue weighted by Gasteiger charge is -2.00. The number of hydrogen-bond acceptors (Lipinski definition) is 3. The Balaban J connectivity index is 0.00000144. The van der Waals surface area contributed by atoms with Crippen molar-refractivity contribution in [3.63, 3.8) is 0 Å². The van der Waals surface area contributed by atoms with Gasteiger partial charge in [0.1, 0.15) is 11.5 Å². The van der Waals surface area contributed by atoms with E-state index in [2.05, 4.69) is 0 Å². The van der Waals surface area contributed by atoms with Crippen LogP contribution in [-0.4, -0.2) is 0 Å². The number of furan rings is 1. The Morgan fingerprint density at radius 2 is 2.23 bits per heavy atom. The summed E-state index contributed by atoms with van der Waals surface area (Å²) in [6, 6.07) is 3.61. The van der Waals surface area contributed by atoms with Gasteiger partial charge in [0.25, 0.3) is 0 Å². The molecule has 1 aromatic rings. The predicted octanol–water partition coefficient (Wildman–Crippen LogP) is 2.23. The maximum atomic E-state index is 8.40. The van der Waals surface area contributed by atoms with Crippen LogP contribution >= 0.6 is 12.4 Å². The minimum Gasteiger partial charge on any atom is -0.464 e. The topological polar surface area (TPSA) is 63.0 Å². The van der Waals surface area contributed by atoms with Gasteiger partial charge in [0, 0.05) is 0 Å². The normalized spacial score (nSPS) is 11.5. The highest BCUT2D eigenvalue weighted by Gasteiger charge is 2.11. The summed E-state index contributed by atoms with van der Waals surface area (Å²) in [5.74, 6) is 1.57. The maximum absolute atomic E-state index is 8.40. The second-order valence-corrected chi connectivity index (χ2v) is 2.86. The zero-order chi connectivity index (χ0) is 9.14. The van der Waals surface area contributed by atoms with E-state index < -0.39 is 0 Å². The van der Waals surface area contributed by atoms with Crippen molar-refractivity contribution in [2.75, 3.05) is 0 Å². The van der Waals surface area contributed by atoms with Crippen molar-refractivity contribution in [2.24, 2.45) is 5.73 Å². The lowest BCUT2D eigenvalue weighted by Crippen LogP contribution is -2.07. The molecular weight excluding hydrogens is 188 g/mol. The van der Waals surface area contributed by atoms with E-state index in [1.54, 1.807) is 0 Å². The molecule has 0 fully saturated rings. The fraction of sp³-hybridized carbons (Fsp3) is 0.444. The van der Waals surface area contributed by atoms with Crippen LogP contribution in [0.15, 0.2) is 10.5 Å². The van der Waals surface area contributed by atoms with Crippen molar-refractivity contribution in [3.8, 4) is 6.07 Å². The van der Waals surface area contributed by atoms with Crippen molar-refractivity contribution >= 4 is 12.4 Å². The van der Waals surface area contributed by atoms with Gasteiger partial charge in [-0.05, 0) is 25.5 Å². The number of halogens is 1. The Bertz CT molecular complexity index is 294. The largest absolute Gasteiger partial charge is 0.464 e. The molecule has 0 radical (unpaired) electrons. The molecule has 3 nitrogen and oxygen atoms in total.